The van der Waals surface area contributed by atoms with Gasteiger partial charge < -0.3 is 10.1 Å². The molecule has 1 fully saturated rings. The molecule has 1 aromatic rings. The molecule has 2 aliphatic rings. The van der Waals surface area contributed by atoms with Crippen LogP contribution in [0.2, 0.25) is 0 Å². The summed E-state index contributed by atoms with van der Waals surface area (Å²) in [6.45, 7) is 4.29. The van der Waals surface area contributed by atoms with Crippen LogP contribution < -0.4 is 5.32 Å². The number of aryl methyl sites for hydroxylation is 1. The molecule has 1 saturated heterocycles. The van der Waals surface area contributed by atoms with Gasteiger partial charge in [0.25, 0.3) is 0 Å². The van der Waals surface area contributed by atoms with Crippen LogP contribution in [0.3, 0.4) is 0 Å². The Hall–Kier alpha value is -1.26. The molecule has 4 heteroatoms. The normalized spacial score (nSPS) is 28.3. The number of ether oxygens (including phenoxy) is 1. The van der Waals surface area contributed by atoms with Crippen LogP contribution in [0.25, 0.3) is 0 Å². The third kappa shape index (κ3) is 3.01. The van der Waals surface area contributed by atoms with E-state index in [4.69, 9.17) is 4.74 Å². The smallest absolute Gasteiger partial charge is 0.148 e. The van der Waals surface area contributed by atoms with Gasteiger partial charge in [0.15, 0.2) is 0 Å². The number of carbonyl (C=O) groups excluding carboxylic acids is 1. The molecule has 0 amide bonds. The topological polar surface area (TPSA) is 51.2 Å². The zero-order chi connectivity index (χ0) is 14.7. The number of hydrogen-bond acceptors (Lipinski definition) is 4. The Morgan fingerprint density at radius 3 is 3.24 bits per heavy atom. The van der Waals surface area contributed by atoms with Crippen molar-refractivity contribution in [3.63, 3.8) is 0 Å². The number of carbonyl (C=O) groups is 1. The van der Waals surface area contributed by atoms with Gasteiger partial charge in [-0.15, -0.1) is 0 Å². The fourth-order valence-corrected chi connectivity index (χ4v) is 3.51. The summed E-state index contributed by atoms with van der Waals surface area (Å²) in [5.74, 6) is 0.267. The van der Waals surface area contributed by atoms with Crippen LogP contribution in [0.4, 0.5) is 0 Å². The van der Waals surface area contributed by atoms with Crippen molar-refractivity contribution in [2.75, 3.05) is 19.8 Å². The lowest BCUT2D eigenvalue weighted by Crippen LogP contribution is -2.41. The maximum absolute atomic E-state index is 13.0. The average molecular weight is 288 g/mol. The maximum Gasteiger partial charge on any atom is 0.148 e. The molecule has 0 bridgehead atoms. The molecule has 0 saturated carbocycles. The largest absolute Gasteiger partial charge is 0.379 e. The highest BCUT2D eigenvalue weighted by Crippen LogP contribution is 2.34. The van der Waals surface area contributed by atoms with Gasteiger partial charge >= 0.3 is 0 Å². The lowest BCUT2D eigenvalue weighted by molar-refractivity contribution is -0.125. The number of hydrogen-bond donors (Lipinski definition) is 1. The Bertz CT molecular complexity index is 503. The predicted molar refractivity (Wildman–Crippen MR) is 81.3 cm³/mol. The van der Waals surface area contributed by atoms with Gasteiger partial charge in [0.1, 0.15) is 5.78 Å². The van der Waals surface area contributed by atoms with Gasteiger partial charge in [0.2, 0.25) is 0 Å². The van der Waals surface area contributed by atoms with Crippen molar-refractivity contribution in [2.45, 2.75) is 44.6 Å². The number of fused-ring (bicyclic) bond motifs is 1. The second kappa shape index (κ2) is 6.67. The Kier molecular flexibility index (Phi) is 4.66. The van der Waals surface area contributed by atoms with Crippen LogP contribution in [-0.4, -0.2) is 36.6 Å². The summed E-state index contributed by atoms with van der Waals surface area (Å²) in [5, 5.41) is 3.46. The van der Waals surface area contributed by atoms with E-state index in [2.05, 4.69) is 23.3 Å². The molecule has 1 aromatic heterocycles. The molecule has 114 valence electrons. The van der Waals surface area contributed by atoms with Crippen molar-refractivity contribution in [2.24, 2.45) is 5.92 Å². The number of rotatable bonds is 5. The molecule has 3 rings (SSSR count). The van der Waals surface area contributed by atoms with E-state index < -0.39 is 0 Å². The van der Waals surface area contributed by atoms with Crippen molar-refractivity contribution in [1.82, 2.24) is 10.3 Å². The Balaban J connectivity index is 1.76. The van der Waals surface area contributed by atoms with E-state index in [0.717, 1.165) is 37.9 Å². The summed E-state index contributed by atoms with van der Waals surface area (Å²) >= 11 is 0. The summed E-state index contributed by atoms with van der Waals surface area (Å²) in [4.78, 5) is 17.5. The molecule has 0 spiro atoms. The van der Waals surface area contributed by atoms with Crippen LogP contribution in [0.1, 0.15) is 43.4 Å². The molecule has 1 aliphatic carbocycles. The van der Waals surface area contributed by atoms with Crippen LogP contribution in [0, 0.1) is 5.92 Å². The first-order chi connectivity index (χ1) is 10.3. The minimum atomic E-state index is -0.0347. The van der Waals surface area contributed by atoms with Gasteiger partial charge in [-0.3, -0.25) is 9.78 Å². The fraction of sp³-hybridized carbons (Fsp3) is 0.647. The van der Waals surface area contributed by atoms with Gasteiger partial charge in [-0.2, -0.15) is 0 Å². The molecule has 0 radical (unpaired) electrons. The van der Waals surface area contributed by atoms with E-state index >= 15 is 0 Å². The standard InChI is InChI=1S/C17H24N2O2/c1-2-8-18-15-11-21-10-14(15)17(20)13-7-3-5-12-6-4-9-19-16(12)13/h4,6,9,13-15,18H,2-3,5,7-8,10-11H2,1H3. The molecule has 1 aliphatic heterocycles. The number of Topliss-reactive ketones (excluding diaryl/α,β-unsaturated/α-hetero) is 1. The number of ketones is 1. The van der Waals surface area contributed by atoms with Gasteiger partial charge in [-0.1, -0.05) is 13.0 Å². The summed E-state index contributed by atoms with van der Waals surface area (Å²) in [6.07, 6.45) is 5.94. The SMILES string of the molecule is CCCNC1COCC1C(=O)C1CCCc2cccnc21. The minimum absolute atomic E-state index is 0.0190. The van der Waals surface area contributed by atoms with Crippen molar-refractivity contribution in [3.8, 4) is 0 Å². The lowest BCUT2D eigenvalue weighted by atomic mass is 9.79. The summed E-state index contributed by atoms with van der Waals surface area (Å²) in [6, 6.07) is 4.25. The lowest BCUT2D eigenvalue weighted by Gasteiger charge is -2.27. The first-order valence-electron chi connectivity index (χ1n) is 8.10. The van der Waals surface area contributed by atoms with E-state index in [-0.39, 0.29) is 17.9 Å². The van der Waals surface area contributed by atoms with Crippen LogP contribution in [-0.2, 0) is 16.0 Å². The summed E-state index contributed by atoms with van der Waals surface area (Å²) in [5.41, 5.74) is 2.26. The average Bonchev–Trinajstić information content (AvgIpc) is 3.00. The first kappa shape index (κ1) is 14.7. The zero-order valence-corrected chi connectivity index (χ0v) is 12.7. The quantitative estimate of drug-likeness (QED) is 0.901. The van der Waals surface area contributed by atoms with Crippen LogP contribution in [0.5, 0.6) is 0 Å². The summed E-state index contributed by atoms with van der Waals surface area (Å²) < 4.78 is 5.56. The number of aromatic nitrogens is 1. The number of nitrogens with zero attached hydrogens (tertiary/aromatic N) is 1. The second-order valence-electron chi connectivity index (χ2n) is 6.10. The fourth-order valence-electron chi connectivity index (χ4n) is 3.51. The molecule has 1 N–H and O–H groups in total. The van der Waals surface area contributed by atoms with Crippen LogP contribution in [0.15, 0.2) is 18.3 Å². The van der Waals surface area contributed by atoms with E-state index in [0.29, 0.717) is 19.0 Å². The third-order valence-electron chi connectivity index (χ3n) is 4.64. The zero-order valence-electron chi connectivity index (χ0n) is 12.7. The van der Waals surface area contributed by atoms with Crippen molar-refractivity contribution in [1.29, 1.82) is 0 Å². The van der Waals surface area contributed by atoms with Gasteiger partial charge in [-0.25, -0.2) is 0 Å². The highest BCUT2D eigenvalue weighted by molar-refractivity contribution is 5.89. The predicted octanol–water partition coefficient (Wildman–Crippen LogP) is 2.09. The van der Waals surface area contributed by atoms with E-state index in [1.54, 1.807) is 0 Å². The number of nitrogens with one attached hydrogen (secondary N) is 1. The maximum atomic E-state index is 13.0. The van der Waals surface area contributed by atoms with E-state index in [9.17, 15) is 4.79 Å². The molecular formula is C17H24N2O2. The van der Waals surface area contributed by atoms with E-state index in [1.807, 2.05) is 12.3 Å². The second-order valence-corrected chi connectivity index (χ2v) is 6.10. The molecule has 2 heterocycles. The molecule has 3 atom stereocenters. The van der Waals surface area contributed by atoms with Crippen molar-refractivity contribution < 1.29 is 9.53 Å². The minimum Gasteiger partial charge on any atom is -0.379 e. The highest BCUT2D eigenvalue weighted by Gasteiger charge is 2.39. The van der Waals surface area contributed by atoms with Crippen molar-refractivity contribution >= 4 is 5.78 Å². The molecular weight excluding hydrogens is 264 g/mol. The monoisotopic (exact) mass is 288 g/mol. The molecule has 21 heavy (non-hydrogen) atoms. The Labute approximate surface area is 126 Å². The van der Waals surface area contributed by atoms with Gasteiger partial charge in [0, 0.05) is 12.2 Å². The number of pyridine rings is 1. The highest BCUT2D eigenvalue weighted by atomic mass is 16.5. The van der Waals surface area contributed by atoms with Gasteiger partial charge in [-0.05, 0) is 43.9 Å². The first-order valence-corrected chi connectivity index (χ1v) is 8.10. The molecule has 0 aromatic carbocycles. The Morgan fingerprint density at radius 1 is 1.48 bits per heavy atom. The summed E-state index contributed by atoms with van der Waals surface area (Å²) in [7, 11) is 0. The molecule has 4 nitrogen and oxygen atoms in total. The van der Waals surface area contributed by atoms with Gasteiger partial charge in [0.05, 0.1) is 30.7 Å². The van der Waals surface area contributed by atoms with E-state index in [1.165, 1.54) is 5.56 Å². The Morgan fingerprint density at radius 2 is 2.38 bits per heavy atom. The third-order valence-corrected chi connectivity index (χ3v) is 4.64. The molecule has 3 unspecified atom stereocenters. The van der Waals surface area contributed by atoms with Crippen LogP contribution >= 0.6 is 0 Å². The van der Waals surface area contributed by atoms with Crippen molar-refractivity contribution in [3.05, 3.63) is 29.6 Å².